The molecular formula is C23H24ClN7O2. The molecule has 1 saturated heterocycles. The van der Waals surface area contributed by atoms with Crippen molar-refractivity contribution < 1.29 is 9.53 Å². The number of carbonyl (C=O) groups is 1. The molecule has 10 heteroatoms. The molecule has 0 aromatic carbocycles. The quantitative estimate of drug-likeness (QED) is 0.495. The molecule has 6 rings (SSSR count). The third kappa shape index (κ3) is 3.43. The highest BCUT2D eigenvalue weighted by Gasteiger charge is 2.47. The number of primary amides is 1. The maximum atomic E-state index is 12.2. The maximum absolute atomic E-state index is 12.2. The Balaban J connectivity index is 1.39. The van der Waals surface area contributed by atoms with Gasteiger partial charge in [0.05, 0.1) is 41.6 Å². The number of H-pyrrole nitrogens is 1. The molecule has 9 nitrogen and oxygen atoms in total. The lowest BCUT2D eigenvalue weighted by atomic mass is 9.88. The van der Waals surface area contributed by atoms with Crippen LogP contribution in [0.2, 0.25) is 5.02 Å². The summed E-state index contributed by atoms with van der Waals surface area (Å²) in [5.74, 6) is 1.36. The van der Waals surface area contributed by atoms with E-state index in [0.29, 0.717) is 40.9 Å². The number of halogens is 1. The lowest BCUT2D eigenvalue weighted by Crippen LogP contribution is -2.41. The first-order valence-electron chi connectivity index (χ1n) is 11.2. The monoisotopic (exact) mass is 465 g/mol. The van der Waals surface area contributed by atoms with Crippen LogP contribution < -0.4 is 16.0 Å². The number of aromatic amines is 1. The average molecular weight is 466 g/mol. The van der Waals surface area contributed by atoms with Crippen molar-refractivity contribution in [3.63, 3.8) is 0 Å². The number of pyridine rings is 2. The summed E-state index contributed by atoms with van der Waals surface area (Å²) >= 11 is 6.58. The summed E-state index contributed by atoms with van der Waals surface area (Å²) in [6.07, 6.45) is 8.56. The van der Waals surface area contributed by atoms with Crippen LogP contribution in [0.25, 0.3) is 22.6 Å². The SMILES string of the molecule is NC(=O)[C@@H]1[C@H](Nc2c(Cl)cnc3nc(-c4cccnc4N4CCOCC4)[nH]c23)[C@@H]2C=C[C@@H]1C2. The molecule has 3 aromatic rings. The van der Waals surface area contributed by atoms with Gasteiger partial charge in [0.2, 0.25) is 5.91 Å². The van der Waals surface area contributed by atoms with Gasteiger partial charge in [-0.1, -0.05) is 23.8 Å². The molecule has 3 aromatic heterocycles. The number of nitrogens with zero attached hydrogens (tertiary/aromatic N) is 4. The number of morpholine rings is 1. The Labute approximate surface area is 195 Å². The van der Waals surface area contributed by atoms with E-state index in [0.717, 1.165) is 30.9 Å². The first kappa shape index (κ1) is 20.4. The van der Waals surface area contributed by atoms with Crippen LogP contribution in [0.15, 0.2) is 36.7 Å². The van der Waals surface area contributed by atoms with Crippen LogP contribution in [-0.4, -0.2) is 58.2 Å². The normalized spacial score (nSPS) is 26.3. The number of carbonyl (C=O) groups excluding carboxylic acids is 1. The Morgan fingerprint density at radius 3 is 2.88 bits per heavy atom. The Morgan fingerprint density at radius 1 is 1.24 bits per heavy atom. The molecule has 0 spiro atoms. The molecule has 1 saturated carbocycles. The molecule has 0 unspecified atom stereocenters. The average Bonchev–Trinajstić information content (AvgIpc) is 3.56. The predicted molar refractivity (Wildman–Crippen MR) is 126 cm³/mol. The van der Waals surface area contributed by atoms with Crippen LogP contribution >= 0.6 is 11.6 Å². The van der Waals surface area contributed by atoms with E-state index in [9.17, 15) is 4.79 Å². The third-order valence-electron chi connectivity index (χ3n) is 6.92. The van der Waals surface area contributed by atoms with Crippen molar-refractivity contribution in [2.75, 3.05) is 36.5 Å². The Kier molecular flexibility index (Phi) is 4.95. The minimum Gasteiger partial charge on any atom is -0.378 e. The predicted octanol–water partition coefficient (Wildman–Crippen LogP) is 2.60. The first-order valence-corrected chi connectivity index (χ1v) is 11.5. The molecule has 2 fully saturated rings. The molecule has 3 aliphatic rings. The summed E-state index contributed by atoms with van der Waals surface area (Å²) in [7, 11) is 0. The molecular weight excluding hydrogens is 442 g/mol. The number of anilines is 2. The van der Waals surface area contributed by atoms with Crippen molar-refractivity contribution in [3.8, 4) is 11.4 Å². The second-order valence-electron chi connectivity index (χ2n) is 8.79. The number of amides is 1. The Morgan fingerprint density at radius 2 is 2.06 bits per heavy atom. The smallest absolute Gasteiger partial charge is 0.223 e. The molecule has 0 radical (unpaired) electrons. The fourth-order valence-corrected chi connectivity index (χ4v) is 5.58. The summed E-state index contributed by atoms with van der Waals surface area (Å²) < 4.78 is 5.49. The van der Waals surface area contributed by atoms with Gasteiger partial charge in [0.15, 0.2) is 5.65 Å². The van der Waals surface area contributed by atoms with Gasteiger partial charge >= 0.3 is 0 Å². The summed E-state index contributed by atoms with van der Waals surface area (Å²) in [6, 6.07) is 3.77. The highest BCUT2D eigenvalue weighted by atomic mass is 35.5. The first-order chi connectivity index (χ1) is 16.1. The zero-order valence-electron chi connectivity index (χ0n) is 17.9. The highest BCUT2D eigenvalue weighted by Crippen LogP contribution is 2.46. The van der Waals surface area contributed by atoms with Gasteiger partial charge in [-0.2, -0.15) is 0 Å². The van der Waals surface area contributed by atoms with Crippen LogP contribution in [0, 0.1) is 17.8 Å². The number of rotatable bonds is 5. The summed E-state index contributed by atoms with van der Waals surface area (Å²) in [6.45, 7) is 2.88. The lowest BCUT2D eigenvalue weighted by Gasteiger charge is -2.29. The molecule has 1 aliphatic heterocycles. The molecule has 4 atom stereocenters. The molecule has 2 bridgehead atoms. The van der Waals surface area contributed by atoms with Crippen LogP contribution in [0.5, 0.6) is 0 Å². The van der Waals surface area contributed by atoms with E-state index in [1.54, 1.807) is 12.4 Å². The van der Waals surface area contributed by atoms with E-state index in [4.69, 9.17) is 27.1 Å². The second-order valence-corrected chi connectivity index (χ2v) is 9.19. The van der Waals surface area contributed by atoms with Crippen molar-refractivity contribution in [1.82, 2.24) is 19.9 Å². The fraction of sp³-hybridized carbons (Fsp3) is 0.391. The zero-order chi connectivity index (χ0) is 22.5. The van der Waals surface area contributed by atoms with Crippen molar-refractivity contribution in [2.45, 2.75) is 12.5 Å². The van der Waals surface area contributed by atoms with E-state index in [2.05, 4.69) is 37.3 Å². The number of allylic oxidation sites excluding steroid dienone is 1. The number of ether oxygens (including phenoxy) is 1. The summed E-state index contributed by atoms with van der Waals surface area (Å²) in [4.78, 5) is 31.6. The zero-order valence-corrected chi connectivity index (χ0v) is 18.6. The van der Waals surface area contributed by atoms with Crippen molar-refractivity contribution in [3.05, 3.63) is 41.7 Å². The lowest BCUT2D eigenvalue weighted by molar-refractivity contribution is -0.122. The van der Waals surface area contributed by atoms with Gasteiger partial charge in [0.1, 0.15) is 17.2 Å². The third-order valence-corrected chi connectivity index (χ3v) is 7.21. The molecule has 4 heterocycles. The topological polar surface area (TPSA) is 122 Å². The molecule has 4 N–H and O–H groups in total. The van der Waals surface area contributed by atoms with Gasteiger partial charge in [-0.15, -0.1) is 0 Å². The number of imidazole rings is 1. The number of aromatic nitrogens is 4. The maximum Gasteiger partial charge on any atom is 0.223 e. The number of fused-ring (bicyclic) bond motifs is 3. The van der Waals surface area contributed by atoms with E-state index in [1.165, 1.54) is 0 Å². The van der Waals surface area contributed by atoms with Gasteiger partial charge in [-0.25, -0.2) is 15.0 Å². The molecule has 33 heavy (non-hydrogen) atoms. The molecule has 170 valence electrons. The van der Waals surface area contributed by atoms with Gasteiger partial charge in [0, 0.05) is 25.3 Å². The number of nitrogens with one attached hydrogen (secondary N) is 2. The largest absolute Gasteiger partial charge is 0.378 e. The van der Waals surface area contributed by atoms with Gasteiger partial charge in [-0.3, -0.25) is 4.79 Å². The fourth-order valence-electron chi connectivity index (χ4n) is 5.38. The van der Waals surface area contributed by atoms with Crippen molar-refractivity contribution >= 4 is 40.2 Å². The number of nitrogens with two attached hydrogens (primary N) is 1. The van der Waals surface area contributed by atoms with E-state index >= 15 is 0 Å². The summed E-state index contributed by atoms with van der Waals surface area (Å²) in [5, 5.41) is 3.98. The van der Waals surface area contributed by atoms with Crippen LogP contribution in [0.4, 0.5) is 11.5 Å². The van der Waals surface area contributed by atoms with Gasteiger partial charge in [0.25, 0.3) is 0 Å². The van der Waals surface area contributed by atoms with Gasteiger partial charge in [-0.05, 0) is 30.4 Å². The van der Waals surface area contributed by atoms with E-state index < -0.39 is 0 Å². The molecule has 1 amide bonds. The van der Waals surface area contributed by atoms with Crippen molar-refractivity contribution in [1.29, 1.82) is 0 Å². The summed E-state index contributed by atoms with van der Waals surface area (Å²) in [5.41, 5.74) is 8.57. The Hall–Kier alpha value is -3.17. The van der Waals surface area contributed by atoms with E-state index in [-0.39, 0.29) is 29.7 Å². The van der Waals surface area contributed by atoms with Gasteiger partial charge < -0.3 is 25.7 Å². The molecule has 2 aliphatic carbocycles. The van der Waals surface area contributed by atoms with E-state index in [1.807, 2.05) is 12.1 Å². The van der Waals surface area contributed by atoms with Crippen LogP contribution in [-0.2, 0) is 9.53 Å². The Bertz CT molecular complexity index is 1250. The number of hydrogen-bond acceptors (Lipinski definition) is 7. The standard InChI is InChI=1S/C23H24ClN7O2/c24-15-11-27-22-19(18(15)28-17-13-4-3-12(10-13)16(17)20(25)32)29-21(30-22)14-2-1-5-26-23(14)31-6-8-33-9-7-31/h1-5,11-13,16-17H,6-10H2,(H2,25,32)(H2,27,28,29,30)/t12-,13-,16+,17-/m1/s1. The minimum atomic E-state index is -0.290. The minimum absolute atomic E-state index is 0.116. The highest BCUT2D eigenvalue weighted by molar-refractivity contribution is 6.34. The van der Waals surface area contributed by atoms with Crippen LogP contribution in [0.3, 0.4) is 0 Å². The van der Waals surface area contributed by atoms with Crippen molar-refractivity contribution in [2.24, 2.45) is 23.5 Å². The number of hydrogen-bond donors (Lipinski definition) is 3. The second kappa shape index (κ2) is 8.00. The van der Waals surface area contributed by atoms with Crippen LogP contribution in [0.1, 0.15) is 6.42 Å².